The summed E-state index contributed by atoms with van der Waals surface area (Å²) >= 11 is 0. The van der Waals surface area contributed by atoms with Gasteiger partial charge in [0.05, 0.1) is 12.6 Å². The summed E-state index contributed by atoms with van der Waals surface area (Å²) in [7, 11) is 0. The van der Waals surface area contributed by atoms with Crippen LogP contribution in [0, 0.1) is 5.92 Å². The molecule has 1 fully saturated rings. The van der Waals surface area contributed by atoms with Crippen LogP contribution < -0.4 is 11.1 Å². The van der Waals surface area contributed by atoms with E-state index in [9.17, 15) is 9.59 Å². The predicted octanol–water partition coefficient (Wildman–Crippen LogP) is 2.05. The van der Waals surface area contributed by atoms with Crippen molar-refractivity contribution in [3.05, 3.63) is 35.9 Å². The number of halogens is 2. The highest BCUT2D eigenvalue weighted by Gasteiger charge is 2.35. The number of carbonyl (C=O) groups is 2. The van der Waals surface area contributed by atoms with Crippen LogP contribution in [0.2, 0.25) is 0 Å². The maximum atomic E-state index is 12.5. The Kier molecular flexibility index (Phi) is 11.1. The Morgan fingerprint density at radius 3 is 2.29 bits per heavy atom. The fourth-order valence-electron chi connectivity index (χ4n) is 3.20. The van der Waals surface area contributed by atoms with Gasteiger partial charge < -0.3 is 16.0 Å². The second-order valence-corrected chi connectivity index (χ2v) is 8.02. The lowest BCUT2D eigenvalue weighted by Gasteiger charge is -2.47. The third-order valence-electron chi connectivity index (χ3n) is 5.08. The van der Waals surface area contributed by atoms with Gasteiger partial charge in [-0.05, 0) is 25.3 Å². The first-order valence-corrected chi connectivity index (χ1v) is 9.31. The molecule has 0 unspecified atom stereocenters. The zero-order chi connectivity index (χ0) is 19.3. The van der Waals surface area contributed by atoms with Gasteiger partial charge in [0.15, 0.2) is 0 Å². The molecule has 1 aliphatic heterocycles. The van der Waals surface area contributed by atoms with E-state index in [0.29, 0.717) is 13.1 Å². The smallest absolute Gasteiger partial charge is 0.242 e. The van der Waals surface area contributed by atoms with Gasteiger partial charge in [0.1, 0.15) is 0 Å². The average molecular weight is 433 g/mol. The van der Waals surface area contributed by atoms with Gasteiger partial charge in [-0.2, -0.15) is 0 Å². The van der Waals surface area contributed by atoms with E-state index < -0.39 is 6.04 Å². The van der Waals surface area contributed by atoms with E-state index in [1.165, 1.54) is 5.56 Å². The van der Waals surface area contributed by atoms with Crippen LogP contribution in [0.3, 0.4) is 0 Å². The summed E-state index contributed by atoms with van der Waals surface area (Å²) in [6.07, 6.45) is 0. The molecule has 3 N–H and O–H groups in total. The molecule has 0 radical (unpaired) electrons. The molecule has 160 valence electrons. The maximum Gasteiger partial charge on any atom is 0.242 e. The van der Waals surface area contributed by atoms with Gasteiger partial charge in [-0.25, -0.2) is 0 Å². The molecule has 1 heterocycles. The highest BCUT2D eigenvalue weighted by Crippen LogP contribution is 2.23. The number of carbonyl (C=O) groups excluding carboxylic acids is 2. The monoisotopic (exact) mass is 432 g/mol. The quantitative estimate of drug-likeness (QED) is 0.720. The molecule has 1 aliphatic rings. The molecule has 0 aliphatic carbocycles. The SMILES string of the molecule is CC(C)[C@H](N)C(=O)NCC(=O)N1CCN(Cc2ccccc2)C(C)(C)C1.Cl.Cl. The highest BCUT2D eigenvalue weighted by atomic mass is 35.5. The van der Waals surface area contributed by atoms with Crippen molar-refractivity contribution in [1.82, 2.24) is 15.1 Å². The van der Waals surface area contributed by atoms with E-state index in [0.717, 1.165) is 13.1 Å². The average Bonchev–Trinajstić information content (AvgIpc) is 2.60. The second-order valence-electron chi connectivity index (χ2n) is 8.02. The van der Waals surface area contributed by atoms with Crippen LogP contribution >= 0.6 is 24.8 Å². The molecule has 0 spiro atoms. The first kappa shape index (κ1) is 26.7. The molecule has 0 aromatic heterocycles. The van der Waals surface area contributed by atoms with Crippen LogP contribution in [0.4, 0.5) is 0 Å². The second kappa shape index (κ2) is 11.6. The summed E-state index contributed by atoms with van der Waals surface area (Å²) in [4.78, 5) is 28.7. The summed E-state index contributed by atoms with van der Waals surface area (Å²) in [6, 6.07) is 9.79. The summed E-state index contributed by atoms with van der Waals surface area (Å²) < 4.78 is 0. The normalized spacial score (nSPS) is 17.3. The molecule has 0 bridgehead atoms. The van der Waals surface area contributed by atoms with E-state index >= 15 is 0 Å². The lowest BCUT2D eigenvalue weighted by atomic mass is 9.97. The van der Waals surface area contributed by atoms with Crippen LogP contribution in [0.15, 0.2) is 30.3 Å². The number of hydrogen-bond donors (Lipinski definition) is 2. The molecule has 1 aromatic rings. The number of nitrogens with zero attached hydrogens (tertiary/aromatic N) is 2. The molecular weight excluding hydrogens is 399 g/mol. The minimum absolute atomic E-state index is 0. The van der Waals surface area contributed by atoms with Crippen LogP contribution in [-0.4, -0.2) is 59.4 Å². The van der Waals surface area contributed by atoms with Crippen molar-refractivity contribution < 1.29 is 9.59 Å². The van der Waals surface area contributed by atoms with Gasteiger partial charge in [-0.15, -0.1) is 24.8 Å². The first-order valence-electron chi connectivity index (χ1n) is 9.31. The van der Waals surface area contributed by atoms with Gasteiger partial charge in [0.2, 0.25) is 11.8 Å². The fourth-order valence-corrected chi connectivity index (χ4v) is 3.20. The van der Waals surface area contributed by atoms with E-state index in [1.807, 2.05) is 36.9 Å². The van der Waals surface area contributed by atoms with Gasteiger partial charge in [-0.3, -0.25) is 14.5 Å². The van der Waals surface area contributed by atoms with Crippen LogP contribution in [0.1, 0.15) is 33.3 Å². The molecule has 1 aromatic carbocycles. The Balaban J connectivity index is 0.00000364. The number of rotatable bonds is 6. The number of nitrogens with two attached hydrogens (primary N) is 1. The lowest BCUT2D eigenvalue weighted by molar-refractivity contribution is -0.137. The van der Waals surface area contributed by atoms with Crippen molar-refractivity contribution in [1.29, 1.82) is 0 Å². The number of benzene rings is 1. The highest BCUT2D eigenvalue weighted by molar-refractivity contribution is 5.87. The van der Waals surface area contributed by atoms with Crippen molar-refractivity contribution in [2.45, 2.75) is 45.8 Å². The minimum Gasteiger partial charge on any atom is -0.346 e. The Hall–Kier alpha value is -1.34. The van der Waals surface area contributed by atoms with Gasteiger partial charge in [-0.1, -0.05) is 44.2 Å². The molecule has 2 amide bonds. The summed E-state index contributed by atoms with van der Waals surface area (Å²) in [5.41, 5.74) is 6.97. The molecular formula is C20H34Cl2N4O2. The molecule has 1 atom stereocenters. The molecule has 6 nitrogen and oxygen atoms in total. The molecule has 1 saturated heterocycles. The van der Waals surface area contributed by atoms with Crippen molar-refractivity contribution in [3.8, 4) is 0 Å². The third-order valence-corrected chi connectivity index (χ3v) is 5.08. The van der Waals surface area contributed by atoms with E-state index in [-0.39, 0.29) is 54.6 Å². The van der Waals surface area contributed by atoms with E-state index in [4.69, 9.17) is 5.73 Å². The third kappa shape index (κ3) is 7.24. The van der Waals surface area contributed by atoms with Crippen molar-refractivity contribution in [3.63, 3.8) is 0 Å². The molecule has 28 heavy (non-hydrogen) atoms. The van der Waals surface area contributed by atoms with Gasteiger partial charge in [0, 0.05) is 31.7 Å². The van der Waals surface area contributed by atoms with E-state index in [2.05, 4.69) is 36.2 Å². The number of nitrogens with one attached hydrogen (secondary N) is 1. The Labute approximate surface area is 181 Å². The molecule has 0 saturated carbocycles. The number of piperazine rings is 1. The fraction of sp³-hybridized carbons (Fsp3) is 0.600. The molecule has 2 rings (SSSR count). The first-order chi connectivity index (χ1) is 12.2. The lowest BCUT2D eigenvalue weighted by Crippen LogP contribution is -2.61. The molecule has 8 heteroatoms. The standard InChI is InChI=1S/C20H32N4O2.2ClH/c1-15(2)18(21)19(26)22-12-17(25)23-10-11-24(20(3,4)14-23)13-16-8-6-5-7-9-16;;/h5-9,15,18H,10-14,21H2,1-4H3,(H,22,26);2*1H/t18-;;/m0../s1. The van der Waals surface area contributed by atoms with Crippen LogP contribution in [0.25, 0.3) is 0 Å². The zero-order valence-corrected chi connectivity index (χ0v) is 18.8. The zero-order valence-electron chi connectivity index (χ0n) is 17.2. The largest absolute Gasteiger partial charge is 0.346 e. The Bertz CT molecular complexity index is 626. The minimum atomic E-state index is -0.582. The Morgan fingerprint density at radius 1 is 1.14 bits per heavy atom. The summed E-state index contributed by atoms with van der Waals surface area (Å²) in [6.45, 7) is 11.1. The van der Waals surface area contributed by atoms with Gasteiger partial charge in [0.25, 0.3) is 0 Å². The Morgan fingerprint density at radius 2 is 1.75 bits per heavy atom. The maximum absolute atomic E-state index is 12.5. The van der Waals surface area contributed by atoms with E-state index in [1.54, 1.807) is 0 Å². The van der Waals surface area contributed by atoms with Crippen molar-refractivity contribution in [2.24, 2.45) is 11.7 Å². The summed E-state index contributed by atoms with van der Waals surface area (Å²) in [5, 5.41) is 2.67. The van der Waals surface area contributed by atoms with Crippen molar-refractivity contribution in [2.75, 3.05) is 26.2 Å². The predicted molar refractivity (Wildman–Crippen MR) is 118 cm³/mol. The van der Waals surface area contributed by atoms with Crippen molar-refractivity contribution >= 4 is 36.6 Å². The van der Waals surface area contributed by atoms with Crippen LogP contribution in [0.5, 0.6) is 0 Å². The number of amides is 2. The van der Waals surface area contributed by atoms with Crippen LogP contribution in [-0.2, 0) is 16.1 Å². The van der Waals surface area contributed by atoms with Gasteiger partial charge >= 0.3 is 0 Å². The topological polar surface area (TPSA) is 78.7 Å². The summed E-state index contributed by atoms with van der Waals surface area (Å²) in [5.74, 6) is -0.275. The number of hydrogen-bond acceptors (Lipinski definition) is 4.